The highest BCUT2D eigenvalue weighted by Gasteiger charge is 2.21. The van der Waals surface area contributed by atoms with Crippen molar-refractivity contribution in [2.24, 2.45) is 0 Å². The van der Waals surface area contributed by atoms with Crippen molar-refractivity contribution in [2.75, 3.05) is 0 Å². The second-order valence-electron chi connectivity index (χ2n) is 9.19. The molecule has 2 aromatic carbocycles. The third-order valence-electron chi connectivity index (χ3n) is 5.86. The van der Waals surface area contributed by atoms with Gasteiger partial charge in [0.15, 0.2) is 35.9 Å². The highest BCUT2D eigenvalue weighted by Crippen LogP contribution is 2.22. The van der Waals surface area contributed by atoms with Gasteiger partial charge in [0.05, 0.1) is 0 Å². The third-order valence-corrected chi connectivity index (χ3v) is 5.86. The number of halogens is 8. The first-order valence-electron chi connectivity index (χ1n) is 12.4. The number of hydrogen-bond donors (Lipinski definition) is 0. The van der Waals surface area contributed by atoms with Gasteiger partial charge in [0.1, 0.15) is 0 Å². The predicted molar refractivity (Wildman–Crippen MR) is 143 cm³/mol. The van der Waals surface area contributed by atoms with Crippen molar-refractivity contribution in [1.29, 1.82) is 0 Å². The molecule has 0 aliphatic heterocycles. The summed E-state index contributed by atoms with van der Waals surface area (Å²) in [7, 11) is -12.0. The van der Waals surface area contributed by atoms with Crippen LogP contribution in [0.3, 0.4) is 0 Å². The molecular formula is C28H30B2F8N2. The van der Waals surface area contributed by atoms with E-state index < -0.39 is 14.5 Å². The Balaban J connectivity index is 0.000000482. The minimum atomic E-state index is -6.00. The molecule has 12 heteroatoms. The molecule has 2 nitrogen and oxygen atoms in total. The predicted octanol–water partition coefficient (Wildman–Crippen LogP) is 7.86. The van der Waals surface area contributed by atoms with Crippen molar-refractivity contribution in [3.8, 4) is 11.1 Å². The van der Waals surface area contributed by atoms with E-state index in [0.29, 0.717) is 0 Å². The van der Waals surface area contributed by atoms with E-state index in [2.05, 4.69) is 122 Å². The molecule has 0 unspecified atom stereocenters. The number of aryl methyl sites for hydroxylation is 4. The van der Waals surface area contributed by atoms with Crippen molar-refractivity contribution in [3.05, 3.63) is 119 Å². The summed E-state index contributed by atoms with van der Waals surface area (Å²) in [4.78, 5) is 0. The van der Waals surface area contributed by atoms with Gasteiger partial charge in [-0.05, 0) is 11.1 Å². The number of benzene rings is 2. The summed E-state index contributed by atoms with van der Waals surface area (Å²) in [5, 5.41) is 0. The molecule has 214 valence electrons. The maximum Gasteiger partial charge on any atom is 0.673 e. The Kier molecular flexibility index (Phi) is 11.5. The molecule has 2 heterocycles. The molecule has 2 aromatic heterocycles. The smallest absolute Gasteiger partial charge is 0.418 e. The third kappa shape index (κ3) is 12.0. The van der Waals surface area contributed by atoms with Gasteiger partial charge in [0, 0.05) is 63.1 Å². The van der Waals surface area contributed by atoms with E-state index in [-0.39, 0.29) is 0 Å². The lowest BCUT2D eigenvalue weighted by molar-refractivity contribution is -0.700. The summed E-state index contributed by atoms with van der Waals surface area (Å²) in [5.41, 5.74) is 10.4. The molecule has 0 atom stereocenters. The Morgan fingerprint density at radius 1 is 0.450 bits per heavy atom. The minimum Gasteiger partial charge on any atom is -0.418 e. The van der Waals surface area contributed by atoms with Gasteiger partial charge in [-0.2, -0.15) is 9.13 Å². The molecule has 0 saturated heterocycles. The highest BCUT2D eigenvalue weighted by molar-refractivity contribution is 6.50. The average Bonchev–Trinajstić information content (AvgIpc) is 2.83. The number of rotatable bonds is 5. The first kappa shape index (κ1) is 32.5. The molecule has 40 heavy (non-hydrogen) atoms. The highest BCUT2D eigenvalue weighted by atomic mass is 19.5. The van der Waals surface area contributed by atoms with E-state index in [4.69, 9.17) is 0 Å². The van der Waals surface area contributed by atoms with Gasteiger partial charge in [-0.3, -0.25) is 0 Å². The van der Waals surface area contributed by atoms with Crippen LogP contribution in [0.1, 0.15) is 33.9 Å². The summed E-state index contributed by atoms with van der Waals surface area (Å²) in [6.45, 7) is 10.6. The van der Waals surface area contributed by atoms with Crippen LogP contribution < -0.4 is 9.13 Å². The Morgan fingerprint density at radius 3 is 0.900 bits per heavy atom. The molecule has 0 aliphatic rings. The number of pyridine rings is 2. The monoisotopic (exact) mass is 568 g/mol. The van der Waals surface area contributed by atoms with Crippen molar-refractivity contribution >= 4 is 14.5 Å². The maximum atomic E-state index is 9.75. The standard InChI is InChI=1S/C28H30N2.2BF4/c1-21-15-27(16-22(2)29(21)19-25-11-7-5-8-12-25)28-17-23(3)30(24(4)18-28)20-26-13-9-6-10-14-26;2*2-1(3,4)5/h5-18H,19-20H2,1-4H3;;/q+2;2*-1. The van der Waals surface area contributed by atoms with E-state index in [1.807, 2.05) is 0 Å². The minimum absolute atomic E-state index is 0.905. The Morgan fingerprint density at radius 2 is 0.675 bits per heavy atom. The molecule has 4 aromatic rings. The van der Waals surface area contributed by atoms with Crippen LogP contribution in [0.4, 0.5) is 34.5 Å². The molecule has 0 saturated carbocycles. The van der Waals surface area contributed by atoms with Crippen LogP contribution in [0, 0.1) is 27.7 Å². The van der Waals surface area contributed by atoms with Crippen LogP contribution >= 0.6 is 0 Å². The first-order chi connectivity index (χ1) is 18.5. The lowest BCUT2D eigenvalue weighted by Crippen LogP contribution is -2.41. The van der Waals surface area contributed by atoms with Crippen LogP contribution in [-0.2, 0) is 13.1 Å². The fourth-order valence-corrected chi connectivity index (χ4v) is 4.22. The lowest BCUT2D eigenvalue weighted by Gasteiger charge is -2.10. The summed E-state index contributed by atoms with van der Waals surface area (Å²) >= 11 is 0. The molecule has 0 amide bonds. The summed E-state index contributed by atoms with van der Waals surface area (Å²) in [6.07, 6.45) is 0. The molecule has 0 aliphatic carbocycles. The average molecular weight is 568 g/mol. The quantitative estimate of drug-likeness (QED) is 0.132. The van der Waals surface area contributed by atoms with Gasteiger partial charge in [-0.15, -0.1) is 0 Å². The molecule has 4 rings (SSSR count). The fraction of sp³-hybridized carbons (Fsp3) is 0.214. The molecule has 0 radical (unpaired) electrons. The molecule has 0 bridgehead atoms. The number of aromatic nitrogens is 2. The SMILES string of the molecule is Cc1cc(-c2cc(C)[n+](Cc3ccccc3)c(C)c2)cc(C)[n+]1Cc1ccccc1.F[B-](F)(F)F.F[B-](F)(F)F. The second-order valence-corrected chi connectivity index (χ2v) is 9.19. The van der Waals surface area contributed by atoms with Crippen LogP contribution in [0.5, 0.6) is 0 Å². The zero-order valence-corrected chi connectivity index (χ0v) is 22.6. The Hall–Kier alpha value is -3.69. The van der Waals surface area contributed by atoms with Crippen molar-refractivity contribution in [1.82, 2.24) is 0 Å². The lowest BCUT2D eigenvalue weighted by atomic mass is 10.0. The van der Waals surface area contributed by atoms with E-state index in [9.17, 15) is 34.5 Å². The molecular weight excluding hydrogens is 538 g/mol. The van der Waals surface area contributed by atoms with E-state index in [1.165, 1.54) is 45.0 Å². The Bertz CT molecular complexity index is 1210. The van der Waals surface area contributed by atoms with E-state index >= 15 is 0 Å². The summed E-state index contributed by atoms with van der Waals surface area (Å²) < 4.78 is 82.8. The topological polar surface area (TPSA) is 7.76 Å². The van der Waals surface area contributed by atoms with Gasteiger partial charge in [-0.25, -0.2) is 0 Å². The normalized spacial score (nSPS) is 11.2. The van der Waals surface area contributed by atoms with Crippen LogP contribution in [0.2, 0.25) is 0 Å². The molecule has 0 fully saturated rings. The summed E-state index contributed by atoms with van der Waals surface area (Å²) in [6, 6.07) is 30.6. The molecule has 0 N–H and O–H groups in total. The van der Waals surface area contributed by atoms with Gasteiger partial charge < -0.3 is 34.5 Å². The fourth-order valence-electron chi connectivity index (χ4n) is 4.22. The van der Waals surface area contributed by atoms with Gasteiger partial charge in [-0.1, -0.05) is 60.7 Å². The second kappa shape index (κ2) is 14.1. The van der Waals surface area contributed by atoms with Crippen molar-refractivity contribution in [3.63, 3.8) is 0 Å². The van der Waals surface area contributed by atoms with Crippen molar-refractivity contribution < 1.29 is 43.7 Å². The van der Waals surface area contributed by atoms with Gasteiger partial charge >= 0.3 is 14.5 Å². The largest absolute Gasteiger partial charge is 0.673 e. The van der Waals surface area contributed by atoms with Crippen LogP contribution in [0.15, 0.2) is 84.9 Å². The zero-order chi connectivity index (χ0) is 30.1. The maximum absolute atomic E-state index is 9.75. The number of hydrogen-bond acceptors (Lipinski definition) is 0. The van der Waals surface area contributed by atoms with Gasteiger partial charge in [0.2, 0.25) is 0 Å². The molecule has 0 spiro atoms. The van der Waals surface area contributed by atoms with E-state index in [0.717, 1.165) is 13.1 Å². The van der Waals surface area contributed by atoms with Crippen LogP contribution in [0.25, 0.3) is 11.1 Å². The zero-order valence-electron chi connectivity index (χ0n) is 22.6. The van der Waals surface area contributed by atoms with Gasteiger partial charge in [0.25, 0.3) is 0 Å². The first-order valence-corrected chi connectivity index (χ1v) is 12.4. The van der Waals surface area contributed by atoms with Crippen molar-refractivity contribution in [2.45, 2.75) is 40.8 Å². The summed E-state index contributed by atoms with van der Waals surface area (Å²) in [5.74, 6) is 0. The van der Waals surface area contributed by atoms with E-state index in [1.54, 1.807) is 0 Å². The number of nitrogens with zero attached hydrogens (tertiary/aromatic N) is 2. The Labute approximate surface area is 229 Å². The van der Waals surface area contributed by atoms with Crippen LogP contribution in [-0.4, -0.2) is 14.5 Å².